The zero-order valence-electron chi connectivity index (χ0n) is 70.2. The van der Waals surface area contributed by atoms with Gasteiger partial charge in [-0.2, -0.15) is 254 Å². The first-order chi connectivity index (χ1) is 64.0. The third-order valence-corrected chi connectivity index (χ3v) is 21.1. The van der Waals surface area contributed by atoms with Gasteiger partial charge in [-0.3, -0.25) is 19.9 Å². The maximum absolute atomic E-state index is 14.2. The van der Waals surface area contributed by atoms with Gasteiger partial charge in [0.25, 0.3) is 0 Å². The summed E-state index contributed by atoms with van der Waals surface area (Å²) in [5, 5.41) is 0. The summed E-state index contributed by atoms with van der Waals surface area (Å²) in [7, 11) is 0. The van der Waals surface area contributed by atoms with E-state index in [2.05, 4.69) is 19.9 Å². The molecule has 0 unspecified atom stereocenters. The van der Waals surface area contributed by atoms with Crippen LogP contribution < -0.4 is 43.7 Å². The van der Waals surface area contributed by atoms with Gasteiger partial charge in [-0.25, -0.2) is 0 Å². The third-order valence-electron chi connectivity index (χ3n) is 21.1. The Morgan fingerprint density at radius 2 is 0.224 bits per heavy atom. The molecule has 0 bridgehead atoms. The summed E-state index contributed by atoms with van der Waals surface area (Å²) < 4.78 is 682. The Balaban J connectivity index is 0.000000271. The Bertz CT molecular complexity index is 5170. The van der Waals surface area contributed by atoms with Crippen LogP contribution in [-0.2, 0) is 119 Å². The van der Waals surface area contributed by atoms with Gasteiger partial charge in [0.2, 0.25) is 0 Å². The van der Waals surface area contributed by atoms with Crippen molar-refractivity contribution in [1.29, 1.82) is 0 Å². The van der Waals surface area contributed by atoms with Crippen LogP contribution in [0.3, 0.4) is 0 Å². The molecule has 0 atom stereocenters. The Labute approximate surface area is 783 Å². The number of alkyl halides is 48. The molecule has 12 rings (SSSR count). The van der Waals surface area contributed by atoms with Crippen LogP contribution in [-0.4, -0.2) is 32.2 Å². The smallest absolute Gasteiger partial charge is 0.254 e. The van der Waals surface area contributed by atoms with Crippen LogP contribution in [0.25, 0.3) is 22.8 Å². The topological polar surface area (TPSA) is 51.6 Å². The Hall–Kier alpha value is -12.2. The summed E-state index contributed by atoms with van der Waals surface area (Å²) in [6.45, 7) is 8.11. The van der Waals surface area contributed by atoms with E-state index in [0.717, 1.165) is 22.8 Å². The van der Waals surface area contributed by atoms with E-state index in [1.54, 1.807) is 0 Å². The van der Waals surface area contributed by atoms with Gasteiger partial charge in [-0.05, 0) is 123 Å². The van der Waals surface area contributed by atoms with Crippen LogP contribution in [0, 0.1) is 27.7 Å². The van der Waals surface area contributed by atoms with E-state index in [9.17, 15) is 211 Å². The summed E-state index contributed by atoms with van der Waals surface area (Å²) >= 11 is 0. The Kier molecular flexibility index (Phi) is 32.5. The molecule has 0 N–H and O–H groups in total. The fourth-order valence-corrected chi connectivity index (χ4v) is 14.6. The normalized spacial score (nSPS) is 13.4. The van der Waals surface area contributed by atoms with Crippen LogP contribution in [0.5, 0.6) is 0 Å². The minimum atomic E-state index is -6.13. The van der Waals surface area contributed by atoms with Gasteiger partial charge >= 0.3 is 119 Å². The SMILES string of the molecule is Cc1ccc(-c2ccc(C)cn2)nc1.Cc1ccc(-c2ccc(C)cn2)nc1.FC(F)(F)c1cc([B-](c2cc(C(F)(F)F)cc(C(F)(F)F)c2)(c2cc(C(F)(F)F)cc(C(F)(F)F)c2)c2cc(C(F)(F)F)cc(C(F)(F)F)c2)cc(C(F)(F)F)c1.FC(F)(F)c1cc([B-](c2cc(C(F)(F)F)cc(C(F)(F)F)c2)(c2cc(C(F)(F)F)cc(C(F)(F)F)c2)c2cc(C(F)(F)F)cc(C(F)(F)F)c2)cc(C(F)(F)F)c1.[Pd+2]. The van der Waals surface area contributed by atoms with Crippen molar-refractivity contribution in [3.05, 3.63) is 330 Å². The van der Waals surface area contributed by atoms with Crippen molar-refractivity contribution < 1.29 is 231 Å². The molecule has 55 heteroatoms. The fourth-order valence-electron chi connectivity index (χ4n) is 14.6. The van der Waals surface area contributed by atoms with E-state index in [1.807, 2.05) is 101 Å². The predicted molar refractivity (Wildman–Crippen MR) is 414 cm³/mol. The number of aryl methyl sites for hydroxylation is 4. The first-order valence-electron chi connectivity index (χ1n) is 38.5. The molecular weight excluding hydrogens is 2150 g/mol. The number of nitrogens with zero attached hydrogens (tertiary/aromatic N) is 4. The van der Waals surface area contributed by atoms with Gasteiger partial charge in [0.15, 0.2) is 0 Å². The molecule has 4 nitrogen and oxygen atoms in total. The summed E-state index contributed by atoms with van der Waals surface area (Å²) in [4.78, 5) is 17.3. The van der Waals surface area contributed by atoms with E-state index in [0.29, 0.717) is 0 Å². The average Bonchev–Trinajstić information content (AvgIpc) is 0.708. The summed E-state index contributed by atoms with van der Waals surface area (Å²) in [5.74, 6) is 0. The molecule has 143 heavy (non-hydrogen) atoms. The van der Waals surface area contributed by atoms with Crippen LogP contribution in [0.15, 0.2) is 219 Å². The molecule has 12 aromatic rings. The van der Waals surface area contributed by atoms with E-state index in [4.69, 9.17) is 0 Å². The van der Waals surface area contributed by atoms with E-state index < -0.39 is 389 Å². The van der Waals surface area contributed by atoms with Crippen LogP contribution in [0.2, 0.25) is 0 Å². The summed E-state index contributed by atoms with van der Waals surface area (Å²) in [6, 6.07) is -1.47. The van der Waals surface area contributed by atoms with Gasteiger partial charge in [0, 0.05) is 24.8 Å². The largest absolute Gasteiger partial charge is 2.00 e. The fraction of sp³-hybridized carbons (Fsp3) is 0.227. The molecule has 0 aliphatic carbocycles. The van der Waals surface area contributed by atoms with Gasteiger partial charge < -0.3 is 0 Å². The van der Waals surface area contributed by atoms with E-state index in [-0.39, 0.29) is 20.4 Å². The zero-order valence-corrected chi connectivity index (χ0v) is 71.7. The van der Waals surface area contributed by atoms with Crippen LogP contribution in [0.4, 0.5) is 211 Å². The van der Waals surface area contributed by atoms with Crippen molar-refractivity contribution in [3.8, 4) is 22.8 Å². The molecule has 0 saturated heterocycles. The van der Waals surface area contributed by atoms with E-state index >= 15 is 0 Å². The van der Waals surface area contributed by atoms with Crippen molar-refractivity contribution in [2.75, 3.05) is 0 Å². The first-order valence-corrected chi connectivity index (χ1v) is 38.5. The van der Waals surface area contributed by atoms with Crippen molar-refractivity contribution in [2.24, 2.45) is 0 Å². The predicted octanol–water partition coefficient (Wildman–Crippen LogP) is 27.9. The second kappa shape index (κ2) is 40.1. The Morgan fingerprint density at radius 3 is 0.287 bits per heavy atom. The van der Waals surface area contributed by atoms with Crippen molar-refractivity contribution in [3.63, 3.8) is 0 Å². The molecule has 0 aliphatic heterocycles. The third kappa shape index (κ3) is 27.9. The Morgan fingerprint density at radius 1 is 0.140 bits per heavy atom. The van der Waals surface area contributed by atoms with Crippen molar-refractivity contribution in [2.45, 2.75) is 127 Å². The second-order valence-corrected chi connectivity index (χ2v) is 31.3. The quantitative estimate of drug-likeness (QED) is 0.101. The average molecular weight is 2200 g/mol. The van der Waals surface area contributed by atoms with Crippen molar-refractivity contribution >= 4 is 56.0 Å². The number of halogens is 48. The number of hydrogen-bond donors (Lipinski definition) is 0. The molecule has 8 aromatic carbocycles. The molecule has 0 amide bonds. The monoisotopic (exact) mass is 2200 g/mol. The standard InChI is InChI=1S/2C32H12BF24.2C12H12N2.Pd/c2*34-25(35,36)13-1-14(26(37,38)39)6-21(5-13)33(22-7-15(27(40,41)42)2-16(8-22)28(43,44)45,23-9-17(29(46,47)48)3-18(10-23)30(49,50)51)24-11-19(31(52,53)54)4-20(12-24)32(55,56)57;2*1-9-3-5-11(13-7-9)12-6-4-10(2)8-14-12;/h2*1-12H;2*3-8H,1-2H3;/q2*-1;;;+2. The molecule has 0 saturated carbocycles. The number of pyridine rings is 4. The minimum absolute atomic E-state index is 0. The van der Waals surface area contributed by atoms with Crippen molar-refractivity contribution in [1.82, 2.24) is 19.9 Å². The number of rotatable bonds is 10. The molecule has 4 heterocycles. The maximum atomic E-state index is 14.2. The minimum Gasteiger partial charge on any atom is -0.254 e. The molecule has 0 fully saturated rings. The van der Waals surface area contributed by atoms with Gasteiger partial charge in [0.1, 0.15) is 12.3 Å². The van der Waals surface area contributed by atoms with Gasteiger partial charge in [-0.15, -0.1) is 0 Å². The number of hydrogen-bond acceptors (Lipinski definition) is 4. The summed E-state index contributed by atoms with van der Waals surface area (Å²) in [6.07, 6.45) is -102. The van der Waals surface area contributed by atoms with E-state index in [1.165, 1.54) is 22.3 Å². The second-order valence-electron chi connectivity index (χ2n) is 31.3. The van der Waals surface area contributed by atoms with Gasteiger partial charge in [-0.1, -0.05) is 121 Å². The van der Waals surface area contributed by atoms with Gasteiger partial charge in [0.05, 0.1) is 112 Å². The molecule has 4 aromatic heterocycles. The first kappa shape index (κ1) is 116. The maximum Gasteiger partial charge on any atom is 2.00 e. The number of benzene rings is 8. The van der Waals surface area contributed by atoms with Crippen LogP contribution >= 0.6 is 0 Å². The van der Waals surface area contributed by atoms with Crippen LogP contribution in [0.1, 0.15) is 111 Å². The summed E-state index contributed by atoms with van der Waals surface area (Å²) in [5.41, 5.74) is -52.0. The molecular formula is C88H48B2F48N4Pd. The molecule has 0 radical (unpaired) electrons. The zero-order chi connectivity index (χ0) is 108. The molecule has 0 spiro atoms. The number of aromatic nitrogens is 4. The molecule has 0 aliphatic rings. The molecule has 772 valence electrons.